The van der Waals surface area contributed by atoms with E-state index in [0.29, 0.717) is 0 Å². The van der Waals surface area contributed by atoms with E-state index in [1.807, 2.05) is 0 Å². The molecular weight excluding hydrogens is 170 g/mol. The van der Waals surface area contributed by atoms with Crippen LogP contribution < -0.4 is 11.5 Å². The predicted molar refractivity (Wildman–Crippen MR) is 33.9 cm³/mol. The van der Waals surface area contributed by atoms with Crippen molar-refractivity contribution in [2.75, 3.05) is 13.2 Å². The fourth-order valence-electron chi connectivity index (χ4n) is 0.270. The third-order valence-corrected chi connectivity index (χ3v) is 0.624. The van der Waals surface area contributed by atoms with E-state index in [2.05, 4.69) is 21.1 Å². The van der Waals surface area contributed by atoms with Crippen molar-refractivity contribution in [3.63, 3.8) is 0 Å². The topological polar surface area (TPSA) is 125 Å². The third kappa shape index (κ3) is 6.26. The van der Waals surface area contributed by atoms with Crippen LogP contribution in [0.25, 0.3) is 0 Å². The van der Waals surface area contributed by atoms with E-state index in [1.165, 1.54) is 0 Å². The lowest BCUT2D eigenvalue weighted by atomic mass is 10.7. The van der Waals surface area contributed by atoms with Crippen molar-refractivity contribution in [1.82, 2.24) is 0 Å². The average molecular weight is 178 g/mol. The number of nitrogens with zero attached hydrogens (tertiary/aromatic N) is 1. The molecule has 0 aliphatic rings. The summed E-state index contributed by atoms with van der Waals surface area (Å²) in [6, 6.07) is 0. The minimum absolute atomic E-state index is 0.407. The van der Waals surface area contributed by atoms with E-state index >= 15 is 0 Å². The van der Waals surface area contributed by atoms with E-state index in [4.69, 9.17) is 0 Å². The summed E-state index contributed by atoms with van der Waals surface area (Å²) in [7, 11) is 0. The lowest BCUT2D eigenvalue weighted by Gasteiger charge is -1.89. The lowest BCUT2D eigenvalue weighted by molar-refractivity contribution is -0.977. The maximum atomic E-state index is 10.3. The zero-order valence-electron chi connectivity index (χ0n) is 6.06. The molecule has 12 heavy (non-hydrogen) atoms. The summed E-state index contributed by atoms with van der Waals surface area (Å²) in [4.78, 5) is 38.4. The molecule has 0 saturated heterocycles. The molecule has 0 spiro atoms. The quantitative estimate of drug-likeness (QED) is 0.438. The van der Waals surface area contributed by atoms with Crippen molar-refractivity contribution in [2.24, 2.45) is 11.5 Å². The second-order valence-corrected chi connectivity index (χ2v) is 1.70. The summed E-state index contributed by atoms with van der Waals surface area (Å²) in [5, 5.41) is -0.407. The van der Waals surface area contributed by atoms with E-state index in [9.17, 15) is 14.5 Å². The average Bonchev–Trinajstić information content (AvgIpc) is 1.96. The second kappa shape index (κ2) is 4.88. The van der Waals surface area contributed by atoms with Crippen molar-refractivity contribution in [3.05, 3.63) is 4.91 Å². The van der Waals surface area contributed by atoms with Gasteiger partial charge in [0.2, 0.25) is 13.2 Å². The number of amides is 2. The number of hydrogen-bond donors (Lipinski definition) is 2. The number of carbonyl (C=O) groups excluding carboxylic acids is 2. The fraction of sp³-hybridized carbons (Fsp3) is 0.500. The maximum absolute atomic E-state index is 10.3. The largest absolute Gasteiger partial charge is 0.478 e. The summed E-state index contributed by atoms with van der Waals surface area (Å²) in [6.07, 6.45) is 0. The molecule has 0 fully saturated rings. The van der Waals surface area contributed by atoms with E-state index < -0.39 is 30.1 Å². The minimum Gasteiger partial charge on any atom is -0.366 e. The van der Waals surface area contributed by atoms with Gasteiger partial charge in [0.25, 0.3) is 11.8 Å². The first kappa shape index (κ1) is 10.1. The minimum atomic E-state index is -0.835. The molecule has 2 amide bonds. The van der Waals surface area contributed by atoms with E-state index in [-0.39, 0.29) is 0 Å². The van der Waals surface area contributed by atoms with Crippen molar-refractivity contribution in [2.45, 2.75) is 0 Å². The number of nitrogens with two attached hydrogens (primary N) is 2. The van der Waals surface area contributed by atoms with Crippen LogP contribution in [0.2, 0.25) is 0 Å². The number of hydrogen-bond acceptors (Lipinski definition) is 5. The molecule has 0 saturated carbocycles. The Kier molecular flexibility index (Phi) is 4.12. The van der Waals surface area contributed by atoms with Crippen molar-refractivity contribution < 1.29 is 24.4 Å². The molecule has 0 aromatic heterocycles. The van der Waals surface area contributed by atoms with Crippen LogP contribution in [0, 0.1) is 4.91 Å². The highest BCUT2D eigenvalue weighted by molar-refractivity contribution is 5.75. The van der Waals surface area contributed by atoms with Gasteiger partial charge in [-0.1, -0.05) is 0 Å². The standard InChI is InChI=1S/C4H7N3O5/c5-3(8)1-11-7(10)12-2-4(6)9/h1-2H2,(H3-,5,6,8,9)/p+1. The summed E-state index contributed by atoms with van der Waals surface area (Å²) in [5.41, 5.74) is 9.24. The highest BCUT2D eigenvalue weighted by Crippen LogP contribution is 1.79. The van der Waals surface area contributed by atoms with Crippen LogP contribution in [0.3, 0.4) is 0 Å². The summed E-state index contributed by atoms with van der Waals surface area (Å²) < 4.78 is 0. The molecule has 0 rings (SSSR count). The molecule has 0 atom stereocenters. The van der Waals surface area contributed by atoms with E-state index in [0.717, 1.165) is 0 Å². The van der Waals surface area contributed by atoms with Gasteiger partial charge in [-0.2, -0.15) is 9.68 Å². The molecule has 0 aromatic rings. The first-order valence-electron chi connectivity index (χ1n) is 2.82. The first-order valence-corrected chi connectivity index (χ1v) is 2.82. The van der Waals surface area contributed by atoms with E-state index in [1.54, 1.807) is 0 Å². The zero-order chi connectivity index (χ0) is 9.56. The van der Waals surface area contributed by atoms with Gasteiger partial charge in [-0.3, -0.25) is 9.59 Å². The Morgan fingerprint density at radius 1 is 1.08 bits per heavy atom. The Morgan fingerprint density at radius 2 is 1.42 bits per heavy atom. The van der Waals surface area contributed by atoms with Gasteiger partial charge in [-0.15, -0.1) is 0 Å². The molecule has 0 aromatic carbocycles. The Morgan fingerprint density at radius 3 is 1.67 bits per heavy atom. The summed E-state index contributed by atoms with van der Waals surface area (Å²) >= 11 is 0. The van der Waals surface area contributed by atoms with Gasteiger partial charge in [0.05, 0.1) is 0 Å². The van der Waals surface area contributed by atoms with Crippen molar-refractivity contribution in [3.8, 4) is 0 Å². The number of rotatable bonds is 6. The molecule has 0 radical (unpaired) electrons. The monoisotopic (exact) mass is 178 g/mol. The molecule has 0 aliphatic heterocycles. The Labute approximate surface area is 66.9 Å². The lowest BCUT2D eigenvalue weighted by Crippen LogP contribution is -2.26. The van der Waals surface area contributed by atoms with Crippen LogP contribution in [0.15, 0.2) is 0 Å². The van der Waals surface area contributed by atoms with Crippen molar-refractivity contribution >= 4 is 11.8 Å². The van der Waals surface area contributed by atoms with Gasteiger partial charge < -0.3 is 11.5 Å². The number of primary amides is 2. The SMILES string of the molecule is NC(=O)CO[N+](=O)OCC(N)=O. The highest BCUT2D eigenvalue weighted by atomic mass is 17.0. The van der Waals surface area contributed by atoms with Gasteiger partial charge in [0, 0.05) is 0 Å². The molecule has 0 heterocycles. The molecule has 8 heteroatoms. The third-order valence-electron chi connectivity index (χ3n) is 0.624. The molecule has 68 valence electrons. The molecule has 0 unspecified atom stereocenters. The van der Waals surface area contributed by atoms with Crippen LogP contribution in [-0.2, 0) is 19.3 Å². The number of carbonyl (C=O) groups is 2. The van der Waals surface area contributed by atoms with Gasteiger partial charge in [-0.25, -0.2) is 0 Å². The zero-order valence-corrected chi connectivity index (χ0v) is 6.06. The van der Waals surface area contributed by atoms with Crippen LogP contribution in [0.4, 0.5) is 0 Å². The van der Waals surface area contributed by atoms with Gasteiger partial charge >= 0.3 is 5.09 Å². The Hall–Kier alpha value is -1.86. The Bertz CT molecular complexity index is 183. The van der Waals surface area contributed by atoms with Crippen LogP contribution >= 0.6 is 0 Å². The predicted octanol–water partition coefficient (Wildman–Crippen LogP) is -2.40. The highest BCUT2D eigenvalue weighted by Gasteiger charge is 2.15. The summed E-state index contributed by atoms with van der Waals surface area (Å²) in [5.74, 6) is -1.67. The molecular formula is C4H8N3O5+. The van der Waals surface area contributed by atoms with Crippen LogP contribution in [0.5, 0.6) is 0 Å². The van der Waals surface area contributed by atoms with Gasteiger partial charge in [0.1, 0.15) is 4.91 Å². The molecule has 8 nitrogen and oxygen atoms in total. The van der Waals surface area contributed by atoms with Crippen LogP contribution in [-0.4, -0.2) is 30.1 Å². The van der Waals surface area contributed by atoms with Crippen LogP contribution in [0.1, 0.15) is 0 Å². The van der Waals surface area contributed by atoms with Crippen molar-refractivity contribution in [1.29, 1.82) is 0 Å². The fourth-order valence-corrected chi connectivity index (χ4v) is 0.270. The molecule has 0 aliphatic carbocycles. The Balaban J connectivity index is 3.47. The maximum Gasteiger partial charge on any atom is 0.478 e. The molecule has 0 bridgehead atoms. The summed E-state index contributed by atoms with van der Waals surface area (Å²) in [6.45, 7) is -1.25. The second-order valence-electron chi connectivity index (χ2n) is 1.70. The normalized spacial score (nSPS) is 8.67. The van der Waals surface area contributed by atoms with Gasteiger partial charge in [0.15, 0.2) is 0 Å². The first-order chi connectivity index (χ1) is 5.52. The smallest absolute Gasteiger partial charge is 0.366 e. The van der Waals surface area contributed by atoms with Gasteiger partial charge in [-0.05, 0) is 0 Å². The molecule has 4 N–H and O–H groups in total.